The van der Waals surface area contributed by atoms with E-state index in [-0.39, 0.29) is 11.8 Å². The minimum atomic E-state index is -0.541. The maximum Gasteiger partial charge on any atom is 0.256 e. The normalized spacial score (nSPS) is 17.5. The van der Waals surface area contributed by atoms with Crippen LogP contribution < -0.4 is 5.32 Å². The van der Waals surface area contributed by atoms with Gasteiger partial charge in [0, 0.05) is 16.8 Å². The van der Waals surface area contributed by atoms with Gasteiger partial charge in [-0.2, -0.15) is 11.3 Å². The molecule has 4 nitrogen and oxygen atoms in total. The van der Waals surface area contributed by atoms with Crippen LogP contribution in [-0.2, 0) is 4.79 Å². The molecule has 114 valence electrons. The molecule has 22 heavy (non-hydrogen) atoms. The van der Waals surface area contributed by atoms with E-state index in [1.807, 2.05) is 5.38 Å². The van der Waals surface area contributed by atoms with Crippen LogP contribution in [0.25, 0.3) is 0 Å². The van der Waals surface area contributed by atoms with Crippen molar-refractivity contribution in [3.05, 3.63) is 52.5 Å². The van der Waals surface area contributed by atoms with E-state index in [0.717, 1.165) is 0 Å². The number of nitrogens with zero attached hydrogens (tertiary/aromatic N) is 1. The molecule has 1 atom stereocenters. The van der Waals surface area contributed by atoms with Gasteiger partial charge in [-0.05, 0) is 29.6 Å². The molecule has 2 aromatic rings. The third-order valence-electron chi connectivity index (χ3n) is 3.31. The molecule has 1 aliphatic heterocycles. The Morgan fingerprint density at radius 2 is 2.18 bits per heavy atom. The van der Waals surface area contributed by atoms with Gasteiger partial charge in [-0.15, -0.1) is 11.8 Å². The van der Waals surface area contributed by atoms with Crippen LogP contribution in [0.3, 0.4) is 0 Å². The van der Waals surface area contributed by atoms with E-state index < -0.39 is 11.9 Å². The molecular weight excluding hydrogens is 323 g/mol. The first kappa shape index (κ1) is 15.1. The Balaban J connectivity index is 1.72. The zero-order chi connectivity index (χ0) is 15.5. The molecule has 2 heterocycles. The monoisotopic (exact) mass is 336 g/mol. The van der Waals surface area contributed by atoms with Crippen molar-refractivity contribution in [2.75, 3.05) is 16.9 Å². The Hall–Kier alpha value is -1.86. The van der Waals surface area contributed by atoms with Gasteiger partial charge in [0.25, 0.3) is 5.91 Å². The first-order valence-electron chi connectivity index (χ1n) is 6.62. The number of rotatable bonds is 3. The Bertz CT molecular complexity index is 691. The topological polar surface area (TPSA) is 49.4 Å². The highest BCUT2D eigenvalue weighted by Gasteiger charge is 2.35. The largest absolute Gasteiger partial charge is 0.324 e. The lowest BCUT2D eigenvalue weighted by atomic mass is 10.2. The van der Waals surface area contributed by atoms with E-state index >= 15 is 0 Å². The van der Waals surface area contributed by atoms with Crippen molar-refractivity contribution in [1.82, 2.24) is 4.90 Å². The van der Waals surface area contributed by atoms with Gasteiger partial charge in [0.1, 0.15) is 11.9 Å². The molecule has 0 aliphatic carbocycles. The van der Waals surface area contributed by atoms with E-state index in [4.69, 9.17) is 0 Å². The lowest BCUT2D eigenvalue weighted by Crippen LogP contribution is -2.44. The Kier molecular flexibility index (Phi) is 4.44. The summed E-state index contributed by atoms with van der Waals surface area (Å²) in [4.78, 5) is 26.3. The van der Waals surface area contributed by atoms with E-state index in [1.165, 1.54) is 41.3 Å². The number of nitrogens with one attached hydrogen (secondary N) is 1. The minimum absolute atomic E-state index is 0.148. The molecule has 0 spiro atoms. The second kappa shape index (κ2) is 6.50. The van der Waals surface area contributed by atoms with Crippen molar-refractivity contribution in [1.29, 1.82) is 0 Å². The van der Waals surface area contributed by atoms with Gasteiger partial charge < -0.3 is 10.2 Å². The number of hydrogen-bond donors (Lipinski definition) is 1. The number of hydrogen-bond acceptors (Lipinski definition) is 4. The van der Waals surface area contributed by atoms with Crippen molar-refractivity contribution < 1.29 is 14.0 Å². The summed E-state index contributed by atoms with van der Waals surface area (Å²) in [6, 6.07) is 6.92. The average Bonchev–Trinajstić information content (AvgIpc) is 3.18. The summed E-state index contributed by atoms with van der Waals surface area (Å²) in [6.45, 7) is 0. The number of anilines is 1. The third-order valence-corrected chi connectivity index (χ3v) is 5.00. The standard InChI is InChI=1S/C15H13FN2O2S2/c16-11-2-1-3-12(6-11)17-14(19)13-8-22-9-18(13)15(20)10-4-5-21-7-10/h1-7,13H,8-9H2,(H,17,19)/t13-/m1/s1. The molecular formula is C15H13FN2O2S2. The molecule has 2 amide bonds. The number of thioether (sulfide) groups is 1. The summed E-state index contributed by atoms with van der Waals surface area (Å²) >= 11 is 2.98. The first-order chi connectivity index (χ1) is 10.6. The molecule has 3 rings (SSSR count). The van der Waals surface area contributed by atoms with E-state index in [1.54, 1.807) is 22.4 Å². The SMILES string of the molecule is O=C(Nc1cccc(F)c1)[C@H]1CSCN1C(=O)c1ccsc1. The second-order valence-electron chi connectivity index (χ2n) is 4.80. The number of carbonyl (C=O) groups is 2. The van der Waals surface area contributed by atoms with Gasteiger partial charge in [-0.1, -0.05) is 6.07 Å². The highest BCUT2D eigenvalue weighted by molar-refractivity contribution is 7.99. The first-order valence-corrected chi connectivity index (χ1v) is 8.72. The number of carbonyl (C=O) groups excluding carboxylic acids is 2. The molecule has 1 aromatic carbocycles. The minimum Gasteiger partial charge on any atom is -0.324 e. The van der Waals surface area contributed by atoms with Crippen LogP contribution in [0.15, 0.2) is 41.1 Å². The van der Waals surface area contributed by atoms with E-state index in [0.29, 0.717) is 22.9 Å². The van der Waals surface area contributed by atoms with Gasteiger partial charge in [-0.25, -0.2) is 4.39 Å². The van der Waals surface area contributed by atoms with Crippen molar-refractivity contribution in [2.24, 2.45) is 0 Å². The van der Waals surface area contributed by atoms with Crippen molar-refractivity contribution >= 4 is 40.6 Å². The fourth-order valence-electron chi connectivity index (χ4n) is 2.20. The molecule has 1 fully saturated rings. The van der Waals surface area contributed by atoms with Crippen molar-refractivity contribution in [3.63, 3.8) is 0 Å². The fraction of sp³-hybridized carbons (Fsp3) is 0.200. The Labute approximate surface area is 135 Å². The zero-order valence-corrected chi connectivity index (χ0v) is 13.1. The third kappa shape index (κ3) is 3.15. The smallest absolute Gasteiger partial charge is 0.256 e. The highest BCUT2D eigenvalue weighted by atomic mass is 32.2. The highest BCUT2D eigenvalue weighted by Crippen LogP contribution is 2.25. The molecule has 0 saturated carbocycles. The van der Waals surface area contributed by atoms with Gasteiger partial charge in [0.2, 0.25) is 5.91 Å². The fourth-order valence-corrected chi connectivity index (χ4v) is 3.99. The summed E-state index contributed by atoms with van der Waals surface area (Å²) in [6.07, 6.45) is 0. The molecule has 0 bridgehead atoms. The molecule has 0 unspecified atom stereocenters. The molecule has 1 aliphatic rings. The van der Waals surface area contributed by atoms with Gasteiger partial charge in [-0.3, -0.25) is 9.59 Å². The molecule has 0 radical (unpaired) electrons. The van der Waals surface area contributed by atoms with Crippen LogP contribution in [0.4, 0.5) is 10.1 Å². The number of halogens is 1. The lowest BCUT2D eigenvalue weighted by Gasteiger charge is -2.22. The zero-order valence-electron chi connectivity index (χ0n) is 11.5. The van der Waals surface area contributed by atoms with Crippen LogP contribution in [0.1, 0.15) is 10.4 Å². The van der Waals surface area contributed by atoms with Crippen LogP contribution >= 0.6 is 23.1 Å². The van der Waals surface area contributed by atoms with E-state index in [9.17, 15) is 14.0 Å². The van der Waals surface area contributed by atoms with Crippen LogP contribution in [0.5, 0.6) is 0 Å². The van der Waals surface area contributed by atoms with Crippen molar-refractivity contribution in [2.45, 2.75) is 6.04 Å². The van der Waals surface area contributed by atoms with Crippen LogP contribution in [0, 0.1) is 5.82 Å². The summed E-state index contributed by atoms with van der Waals surface area (Å²) < 4.78 is 13.2. The molecule has 7 heteroatoms. The van der Waals surface area contributed by atoms with Gasteiger partial charge in [0.05, 0.1) is 11.4 Å². The summed E-state index contributed by atoms with van der Waals surface area (Å²) in [5.74, 6) is 0.169. The molecule has 1 N–H and O–H groups in total. The van der Waals surface area contributed by atoms with Crippen LogP contribution in [-0.4, -0.2) is 34.4 Å². The molecule has 1 aromatic heterocycles. The second-order valence-corrected chi connectivity index (χ2v) is 6.58. The predicted molar refractivity (Wildman–Crippen MR) is 86.6 cm³/mol. The van der Waals surface area contributed by atoms with Gasteiger partial charge in [0.15, 0.2) is 0 Å². The summed E-state index contributed by atoms with van der Waals surface area (Å²) in [7, 11) is 0. The number of thiophene rings is 1. The Morgan fingerprint density at radius 1 is 1.32 bits per heavy atom. The average molecular weight is 336 g/mol. The summed E-state index contributed by atoms with van der Waals surface area (Å²) in [5.41, 5.74) is 0.987. The maximum absolute atomic E-state index is 13.2. The predicted octanol–water partition coefficient (Wildman–Crippen LogP) is 3.04. The van der Waals surface area contributed by atoms with Crippen molar-refractivity contribution in [3.8, 4) is 0 Å². The maximum atomic E-state index is 13.2. The van der Waals surface area contributed by atoms with E-state index in [2.05, 4.69) is 5.32 Å². The summed E-state index contributed by atoms with van der Waals surface area (Å²) in [5, 5.41) is 6.27. The number of benzene rings is 1. The van der Waals surface area contributed by atoms with Gasteiger partial charge >= 0.3 is 0 Å². The van der Waals surface area contributed by atoms with Crippen LogP contribution in [0.2, 0.25) is 0 Å². The number of amides is 2. The Morgan fingerprint density at radius 3 is 2.91 bits per heavy atom. The molecule has 1 saturated heterocycles. The quantitative estimate of drug-likeness (QED) is 0.937. The lowest BCUT2D eigenvalue weighted by molar-refractivity contribution is -0.119.